The van der Waals surface area contributed by atoms with E-state index in [4.69, 9.17) is 5.11 Å². The van der Waals surface area contributed by atoms with Crippen LogP contribution in [-0.4, -0.2) is 63.6 Å². The van der Waals surface area contributed by atoms with E-state index in [-0.39, 0.29) is 12.3 Å². The first kappa shape index (κ1) is 29.7. The Bertz CT molecular complexity index is 471. The summed E-state index contributed by atoms with van der Waals surface area (Å²) in [5, 5.41) is 40.0. The zero-order valence-electron chi connectivity index (χ0n) is 19.3. The van der Waals surface area contributed by atoms with E-state index in [2.05, 4.69) is 24.4 Å². The van der Waals surface area contributed by atoms with Crippen LogP contribution in [0.15, 0.2) is 12.2 Å². The van der Waals surface area contributed by atoms with Crippen molar-refractivity contribution in [1.82, 2.24) is 5.32 Å². The van der Waals surface area contributed by atoms with Crippen molar-refractivity contribution in [2.24, 2.45) is 0 Å². The van der Waals surface area contributed by atoms with Gasteiger partial charge in [-0.2, -0.15) is 0 Å². The van der Waals surface area contributed by atoms with Crippen molar-refractivity contribution in [1.29, 1.82) is 0 Å². The lowest BCUT2D eigenvalue weighted by atomic mass is 10.0. The Morgan fingerprint density at radius 2 is 1.32 bits per heavy atom. The Balaban J connectivity index is 3.70. The minimum atomic E-state index is -1.72. The van der Waals surface area contributed by atoms with Gasteiger partial charge in [0.2, 0.25) is 5.91 Å². The van der Waals surface area contributed by atoms with Crippen molar-refractivity contribution in [2.75, 3.05) is 6.61 Å². The molecule has 0 aliphatic carbocycles. The highest BCUT2D eigenvalue weighted by Crippen LogP contribution is 2.10. The highest BCUT2D eigenvalue weighted by atomic mass is 16.4. The van der Waals surface area contributed by atoms with Crippen LogP contribution in [0, 0.1) is 0 Å². The molecule has 0 fully saturated rings. The molecule has 1 amide bonds. The zero-order valence-corrected chi connectivity index (χ0v) is 19.3. The lowest BCUT2D eigenvalue weighted by Crippen LogP contribution is -2.53. The van der Waals surface area contributed by atoms with Crippen LogP contribution >= 0.6 is 0 Å². The number of nitrogens with one attached hydrogen (secondary N) is 1. The second-order valence-electron chi connectivity index (χ2n) is 8.29. The number of amides is 1. The van der Waals surface area contributed by atoms with Crippen LogP contribution in [0.1, 0.15) is 96.8 Å². The lowest BCUT2D eigenvalue weighted by Gasteiger charge is -2.26. The lowest BCUT2D eigenvalue weighted by molar-refractivity contribution is -0.131. The fraction of sp³-hybridized carbons (Fsp3) is 0.833. The molecule has 7 heteroatoms. The van der Waals surface area contributed by atoms with Gasteiger partial charge in [-0.1, -0.05) is 70.4 Å². The summed E-state index contributed by atoms with van der Waals surface area (Å²) < 4.78 is 0. The molecule has 0 aliphatic heterocycles. The normalized spacial score (nSPS) is 15.5. The van der Waals surface area contributed by atoms with Gasteiger partial charge in [0.25, 0.3) is 0 Å². The molecule has 4 atom stereocenters. The Hall–Kier alpha value is -1.28. The predicted octanol–water partition coefficient (Wildman–Crippen LogP) is 2.78. The van der Waals surface area contributed by atoms with Crippen LogP contribution in [0.25, 0.3) is 0 Å². The van der Waals surface area contributed by atoms with Crippen molar-refractivity contribution in [3.8, 4) is 0 Å². The number of hydrogen-bond acceptors (Lipinski definition) is 6. The van der Waals surface area contributed by atoms with Crippen LogP contribution in [0.2, 0.25) is 0 Å². The number of aldehydes is 1. The van der Waals surface area contributed by atoms with E-state index in [0.29, 0.717) is 12.7 Å². The standard InChI is InChI=1S/C24H45NO6/c1-2-3-4-5-6-7-8-9-10-11-12-13-14-15-16-17-22(29)25-20(18-26)23(30)24(31)21(28)19-27/h9-10,18,20-21,23-24,27-28,30-31H,2-8,11-17,19H2,1H3,(H,25,29)/t20-,21+,23+,24+/m0/s1. The van der Waals surface area contributed by atoms with Crippen molar-refractivity contribution in [2.45, 2.75) is 121 Å². The Kier molecular flexibility index (Phi) is 19.8. The number of aliphatic hydroxyl groups is 4. The molecule has 0 aromatic heterocycles. The van der Waals surface area contributed by atoms with Gasteiger partial charge in [-0.25, -0.2) is 0 Å². The number of allylic oxidation sites excluding steroid dienone is 2. The number of hydrogen-bond donors (Lipinski definition) is 5. The molecule has 7 nitrogen and oxygen atoms in total. The highest BCUT2D eigenvalue weighted by Gasteiger charge is 2.31. The van der Waals surface area contributed by atoms with E-state index in [0.717, 1.165) is 32.1 Å². The summed E-state index contributed by atoms with van der Waals surface area (Å²) >= 11 is 0. The summed E-state index contributed by atoms with van der Waals surface area (Å²) in [5.74, 6) is -0.389. The number of unbranched alkanes of at least 4 members (excludes halogenated alkanes) is 11. The molecule has 182 valence electrons. The van der Waals surface area contributed by atoms with Gasteiger partial charge in [0.05, 0.1) is 6.61 Å². The van der Waals surface area contributed by atoms with E-state index in [1.165, 1.54) is 44.9 Å². The van der Waals surface area contributed by atoms with E-state index >= 15 is 0 Å². The van der Waals surface area contributed by atoms with Crippen LogP contribution in [-0.2, 0) is 9.59 Å². The van der Waals surface area contributed by atoms with Crippen molar-refractivity contribution >= 4 is 12.2 Å². The van der Waals surface area contributed by atoms with Gasteiger partial charge in [0.15, 0.2) is 0 Å². The fourth-order valence-electron chi connectivity index (χ4n) is 3.36. The van der Waals surface area contributed by atoms with Gasteiger partial charge in [-0.3, -0.25) is 4.79 Å². The maximum absolute atomic E-state index is 11.9. The predicted molar refractivity (Wildman–Crippen MR) is 123 cm³/mol. The largest absolute Gasteiger partial charge is 0.394 e. The molecule has 0 bridgehead atoms. The Labute approximate surface area is 187 Å². The zero-order chi connectivity index (χ0) is 23.3. The molecule has 0 unspecified atom stereocenters. The van der Waals surface area contributed by atoms with Gasteiger partial charge >= 0.3 is 0 Å². The minimum Gasteiger partial charge on any atom is -0.394 e. The highest BCUT2D eigenvalue weighted by molar-refractivity contribution is 5.79. The fourth-order valence-corrected chi connectivity index (χ4v) is 3.36. The second-order valence-corrected chi connectivity index (χ2v) is 8.29. The summed E-state index contributed by atoms with van der Waals surface area (Å²) in [6.07, 6.45) is 15.2. The molecule has 0 rings (SSSR count). The molecule has 0 spiro atoms. The molecule has 0 heterocycles. The summed E-state index contributed by atoms with van der Waals surface area (Å²) in [7, 11) is 0. The van der Waals surface area contributed by atoms with Crippen molar-refractivity contribution in [3.63, 3.8) is 0 Å². The van der Waals surface area contributed by atoms with Crippen LogP contribution in [0.3, 0.4) is 0 Å². The topological polar surface area (TPSA) is 127 Å². The van der Waals surface area contributed by atoms with E-state index < -0.39 is 31.0 Å². The first-order valence-electron chi connectivity index (χ1n) is 12.0. The summed E-state index contributed by atoms with van der Waals surface area (Å²) in [6.45, 7) is 1.48. The summed E-state index contributed by atoms with van der Waals surface area (Å²) in [4.78, 5) is 23.0. The van der Waals surface area contributed by atoms with Gasteiger partial charge < -0.3 is 30.5 Å². The number of rotatable bonds is 21. The van der Waals surface area contributed by atoms with Gasteiger partial charge in [-0.05, 0) is 32.1 Å². The first-order valence-corrected chi connectivity index (χ1v) is 12.0. The molecular weight excluding hydrogens is 398 g/mol. The third-order valence-corrected chi connectivity index (χ3v) is 5.44. The summed E-state index contributed by atoms with van der Waals surface area (Å²) in [6, 6.07) is -1.33. The van der Waals surface area contributed by atoms with Gasteiger partial charge in [-0.15, -0.1) is 0 Å². The maximum Gasteiger partial charge on any atom is 0.220 e. The Morgan fingerprint density at radius 1 is 0.806 bits per heavy atom. The van der Waals surface area contributed by atoms with Gasteiger partial charge in [0.1, 0.15) is 30.6 Å². The first-order chi connectivity index (χ1) is 15.0. The van der Waals surface area contributed by atoms with Crippen LogP contribution < -0.4 is 5.32 Å². The monoisotopic (exact) mass is 443 g/mol. The van der Waals surface area contributed by atoms with E-state index in [1.807, 2.05) is 0 Å². The molecular formula is C24H45NO6. The molecule has 0 radical (unpaired) electrons. The van der Waals surface area contributed by atoms with E-state index in [9.17, 15) is 24.9 Å². The quantitative estimate of drug-likeness (QED) is 0.105. The average molecular weight is 444 g/mol. The summed E-state index contributed by atoms with van der Waals surface area (Å²) in [5.41, 5.74) is 0. The van der Waals surface area contributed by atoms with Crippen LogP contribution in [0.5, 0.6) is 0 Å². The molecule has 5 N–H and O–H groups in total. The van der Waals surface area contributed by atoms with Crippen molar-refractivity contribution in [3.05, 3.63) is 12.2 Å². The third kappa shape index (κ3) is 16.1. The molecule has 0 aliphatic rings. The third-order valence-electron chi connectivity index (χ3n) is 5.44. The molecule has 31 heavy (non-hydrogen) atoms. The second kappa shape index (κ2) is 20.6. The maximum atomic E-state index is 11.9. The molecule has 0 saturated carbocycles. The molecule has 0 saturated heterocycles. The smallest absolute Gasteiger partial charge is 0.220 e. The SMILES string of the molecule is CCCCCCCCC=CCCCCCCCC(=O)N[C@@H](C=O)[C@@H](O)[C@H](O)[C@H](O)CO. The molecule has 0 aromatic carbocycles. The van der Waals surface area contributed by atoms with Crippen LogP contribution in [0.4, 0.5) is 0 Å². The minimum absolute atomic E-state index is 0.230. The number of carbonyl (C=O) groups excluding carboxylic acids is 2. The van der Waals surface area contributed by atoms with E-state index in [1.54, 1.807) is 0 Å². The van der Waals surface area contributed by atoms with Crippen molar-refractivity contribution < 1.29 is 30.0 Å². The Morgan fingerprint density at radius 3 is 1.84 bits per heavy atom. The molecule has 0 aromatic rings. The van der Waals surface area contributed by atoms with Gasteiger partial charge in [0, 0.05) is 6.42 Å². The average Bonchev–Trinajstić information content (AvgIpc) is 2.78. The number of aliphatic hydroxyl groups excluding tert-OH is 4. The number of carbonyl (C=O) groups is 2.